The number of aromatic nitrogens is 1. The molecule has 5 nitrogen and oxygen atoms in total. The first-order valence-corrected chi connectivity index (χ1v) is 3.56. The maximum atomic E-state index is 11.6. The first-order chi connectivity index (χ1) is 6.65. The molecule has 0 unspecified atom stereocenters. The molecule has 0 aliphatic heterocycles. The second kappa shape index (κ2) is 4.31. The highest BCUT2D eigenvalue weighted by molar-refractivity contribution is 5.93. The van der Waals surface area contributed by atoms with Gasteiger partial charge in [0.05, 0.1) is 11.1 Å². The molecule has 0 fully saturated rings. The molecule has 0 spiro atoms. The molecule has 14 heavy (non-hydrogen) atoms. The Labute approximate surface area is 78.1 Å². The molecule has 0 atom stereocenters. The van der Waals surface area contributed by atoms with Crippen LogP contribution < -0.4 is 0 Å². The van der Waals surface area contributed by atoms with Gasteiger partial charge >= 0.3 is 11.9 Å². The van der Waals surface area contributed by atoms with Crippen molar-refractivity contribution in [1.29, 1.82) is 0 Å². The Hall–Kier alpha value is -1.98. The van der Waals surface area contributed by atoms with Crippen molar-refractivity contribution < 1.29 is 23.8 Å². The van der Waals surface area contributed by atoms with E-state index in [0.29, 0.717) is 0 Å². The van der Waals surface area contributed by atoms with E-state index < -0.39 is 18.8 Å². The molecular weight excluding hydrogens is 193 g/mol. The van der Waals surface area contributed by atoms with E-state index >= 15 is 0 Å². The molecule has 1 N–H and O–H groups in total. The molecule has 0 saturated heterocycles. The van der Waals surface area contributed by atoms with Crippen molar-refractivity contribution in [3.63, 3.8) is 0 Å². The fourth-order valence-electron chi connectivity index (χ4n) is 0.801. The van der Waals surface area contributed by atoms with Gasteiger partial charge in [-0.1, -0.05) is 0 Å². The summed E-state index contributed by atoms with van der Waals surface area (Å²) in [5.41, 5.74) is -0.249. The fourth-order valence-corrected chi connectivity index (χ4v) is 0.801. The molecular formula is C8H6FNO4. The van der Waals surface area contributed by atoms with Crippen LogP contribution in [0, 0.1) is 0 Å². The van der Waals surface area contributed by atoms with Crippen LogP contribution in [0.2, 0.25) is 0 Å². The van der Waals surface area contributed by atoms with E-state index in [0.717, 1.165) is 18.5 Å². The standard InChI is InChI=1S/C8H6FNO4/c9-4-14-8(13)6-1-5(7(11)12)2-10-3-6/h1-3H,4H2,(H,11,12). The zero-order chi connectivity index (χ0) is 10.6. The average Bonchev–Trinajstić information content (AvgIpc) is 2.18. The molecule has 1 heterocycles. The fraction of sp³-hybridized carbons (Fsp3) is 0.125. The normalized spacial score (nSPS) is 9.50. The van der Waals surface area contributed by atoms with Gasteiger partial charge in [-0.3, -0.25) is 4.98 Å². The Morgan fingerprint density at radius 1 is 1.43 bits per heavy atom. The molecule has 0 bridgehead atoms. The summed E-state index contributed by atoms with van der Waals surface area (Å²) in [4.78, 5) is 24.9. The predicted octanol–water partition coefficient (Wildman–Crippen LogP) is 0.864. The lowest BCUT2D eigenvalue weighted by molar-refractivity contribution is 0.0323. The number of esters is 1. The Balaban J connectivity index is 2.93. The van der Waals surface area contributed by atoms with Gasteiger partial charge in [-0.15, -0.1) is 0 Å². The van der Waals surface area contributed by atoms with Crippen molar-refractivity contribution in [2.45, 2.75) is 0 Å². The number of aromatic carboxylic acids is 1. The van der Waals surface area contributed by atoms with Crippen LogP contribution in [-0.2, 0) is 4.74 Å². The summed E-state index contributed by atoms with van der Waals surface area (Å²) in [6.07, 6.45) is 2.18. The summed E-state index contributed by atoms with van der Waals surface area (Å²) in [5.74, 6) is -2.16. The van der Waals surface area contributed by atoms with Crippen LogP contribution in [0.5, 0.6) is 0 Å². The van der Waals surface area contributed by atoms with Crippen LogP contribution in [0.4, 0.5) is 4.39 Å². The van der Waals surface area contributed by atoms with Crippen LogP contribution in [0.3, 0.4) is 0 Å². The first-order valence-electron chi connectivity index (χ1n) is 3.56. The number of carboxylic acid groups (broad SMARTS) is 1. The summed E-state index contributed by atoms with van der Waals surface area (Å²) in [5, 5.41) is 8.55. The molecule has 1 aromatic heterocycles. The SMILES string of the molecule is O=C(O)c1cncc(C(=O)OCF)c1. The van der Waals surface area contributed by atoms with Gasteiger partial charge in [-0.2, -0.15) is 0 Å². The average molecular weight is 199 g/mol. The van der Waals surface area contributed by atoms with E-state index in [2.05, 4.69) is 9.72 Å². The maximum Gasteiger partial charge on any atom is 0.342 e. The van der Waals surface area contributed by atoms with Crippen LogP contribution in [0.15, 0.2) is 18.5 Å². The highest BCUT2D eigenvalue weighted by Gasteiger charge is 2.10. The van der Waals surface area contributed by atoms with E-state index in [1.807, 2.05) is 0 Å². The quantitative estimate of drug-likeness (QED) is 0.730. The second-order valence-corrected chi connectivity index (χ2v) is 2.31. The largest absolute Gasteiger partial charge is 0.478 e. The highest BCUT2D eigenvalue weighted by atomic mass is 19.1. The third kappa shape index (κ3) is 2.25. The van der Waals surface area contributed by atoms with Crippen LogP contribution >= 0.6 is 0 Å². The van der Waals surface area contributed by atoms with Crippen molar-refractivity contribution in [2.75, 3.05) is 6.86 Å². The van der Waals surface area contributed by atoms with Gasteiger partial charge in [-0.05, 0) is 6.07 Å². The molecule has 1 rings (SSSR count). The van der Waals surface area contributed by atoms with Gasteiger partial charge in [0.15, 0.2) is 0 Å². The van der Waals surface area contributed by atoms with E-state index in [4.69, 9.17) is 5.11 Å². The van der Waals surface area contributed by atoms with E-state index in [9.17, 15) is 14.0 Å². The number of rotatable bonds is 3. The van der Waals surface area contributed by atoms with Crippen LogP contribution in [-0.4, -0.2) is 28.9 Å². The van der Waals surface area contributed by atoms with Gasteiger partial charge in [0.1, 0.15) is 0 Å². The zero-order valence-electron chi connectivity index (χ0n) is 6.94. The van der Waals surface area contributed by atoms with E-state index in [1.54, 1.807) is 0 Å². The molecule has 6 heteroatoms. The molecule has 0 radical (unpaired) electrons. The number of hydrogen-bond donors (Lipinski definition) is 1. The zero-order valence-corrected chi connectivity index (χ0v) is 6.94. The second-order valence-electron chi connectivity index (χ2n) is 2.31. The Morgan fingerprint density at radius 2 is 2.07 bits per heavy atom. The van der Waals surface area contributed by atoms with E-state index in [1.165, 1.54) is 0 Å². The molecule has 0 saturated carbocycles. The van der Waals surface area contributed by atoms with Gasteiger partial charge in [-0.25, -0.2) is 14.0 Å². The lowest BCUT2D eigenvalue weighted by atomic mass is 10.2. The molecule has 1 aromatic rings. The van der Waals surface area contributed by atoms with Crippen molar-refractivity contribution in [1.82, 2.24) is 4.98 Å². The number of nitrogens with zero attached hydrogens (tertiary/aromatic N) is 1. The number of carbonyl (C=O) groups excluding carboxylic acids is 1. The number of alkyl halides is 1. The molecule has 0 aromatic carbocycles. The minimum absolute atomic E-state index is 0.0949. The number of hydrogen-bond acceptors (Lipinski definition) is 4. The van der Waals surface area contributed by atoms with Gasteiger partial charge in [0.2, 0.25) is 6.86 Å². The van der Waals surface area contributed by atoms with Crippen molar-refractivity contribution in [2.24, 2.45) is 0 Å². The number of ether oxygens (including phenoxy) is 1. The summed E-state index contributed by atoms with van der Waals surface area (Å²) in [6.45, 7) is -1.25. The van der Waals surface area contributed by atoms with Gasteiger partial charge in [0, 0.05) is 12.4 Å². The van der Waals surface area contributed by atoms with Gasteiger partial charge in [0.25, 0.3) is 0 Å². The highest BCUT2D eigenvalue weighted by Crippen LogP contribution is 2.04. The molecule has 0 aliphatic rings. The van der Waals surface area contributed by atoms with Crippen LogP contribution in [0.25, 0.3) is 0 Å². The maximum absolute atomic E-state index is 11.6. The van der Waals surface area contributed by atoms with Crippen LogP contribution in [0.1, 0.15) is 20.7 Å². The number of carbonyl (C=O) groups is 2. The summed E-state index contributed by atoms with van der Waals surface area (Å²) in [6, 6.07) is 1.06. The number of carboxylic acids is 1. The first kappa shape index (κ1) is 10.1. The Kier molecular flexibility index (Phi) is 3.11. The topological polar surface area (TPSA) is 76.5 Å². The summed E-state index contributed by atoms with van der Waals surface area (Å²) >= 11 is 0. The van der Waals surface area contributed by atoms with E-state index in [-0.39, 0.29) is 11.1 Å². The Bertz CT molecular complexity index is 366. The lowest BCUT2D eigenvalue weighted by Crippen LogP contribution is -2.07. The smallest absolute Gasteiger partial charge is 0.342 e. The Morgan fingerprint density at radius 3 is 2.64 bits per heavy atom. The number of halogens is 1. The lowest BCUT2D eigenvalue weighted by Gasteiger charge is -1.99. The van der Waals surface area contributed by atoms with Crippen molar-refractivity contribution >= 4 is 11.9 Å². The summed E-state index contributed by atoms with van der Waals surface area (Å²) < 4.78 is 15.6. The monoisotopic (exact) mass is 199 g/mol. The van der Waals surface area contributed by atoms with Crippen molar-refractivity contribution in [3.8, 4) is 0 Å². The van der Waals surface area contributed by atoms with Gasteiger partial charge < -0.3 is 9.84 Å². The molecule has 0 amide bonds. The summed E-state index contributed by atoms with van der Waals surface area (Å²) in [7, 11) is 0. The predicted molar refractivity (Wildman–Crippen MR) is 42.6 cm³/mol. The van der Waals surface area contributed by atoms with Crippen molar-refractivity contribution in [3.05, 3.63) is 29.6 Å². The third-order valence-corrected chi connectivity index (χ3v) is 1.41. The molecule has 74 valence electrons. The number of pyridine rings is 1. The third-order valence-electron chi connectivity index (χ3n) is 1.41. The minimum Gasteiger partial charge on any atom is -0.478 e. The minimum atomic E-state index is -1.25. The molecule has 0 aliphatic carbocycles.